The Balaban J connectivity index is 1.77. The van der Waals surface area contributed by atoms with Crippen LogP contribution in [0.15, 0.2) is 11.7 Å². The monoisotopic (exact) mass is 300 g/mol. The van der Waals surface area contributed by atoms with Crippen LogP contribution in [0.25, 0.3) is 10.2 Å². The molecule has 1 aliphatic rings. The van der Waals surface area contributed by atoms with E-state index in [0.29, 0.717) is 0 Å². The molecule has 1 unspecified atom stereocenters. The topological polar surface area (TPSA) is 68.5 Å². The zero-order chi connectivity index (χ0) is 14.4. The van der Waals surface area contributed by atoms with E-state index in [2.05, 4.69) is 37.7 Å². The molecule has 0 amide bonds. The SMILES string of the molecule is Cc1nc(NC2CCCn3ncnc32)c2c(C)csc2n1. The summed E-state index contributed by atoms with van der Waals surface area (Å²) in [5.74, 6) is 2.71. The molecular weight excluding hydrogens is 284 g/mol. The molecule has 0 aliphatic carbocycles. The maximum atomic E-state index is 4.61. The first-order valence-electron chi connectivity index (χ1n) is 7.09. The second-order valence-electron chi connectivity index (χ2n) is 5.40. The van der Waals surface area contributed by atoms with Crippen molar-refractivity contribution in [1.82, 2.24) is 24.7 Å². The third kappa shape index (κ3) is 2.08. The van der Waals surface area contributed by atoms with Gasteiger partial charge >= 0.3 is 0 Å². The molecule has 1 N–H and O–H groups in total. The van der Waals surface area contributed by atoms with Gasteiger partial charge in [-0.15, -0.1) is 11.3 Å². The fraction of sp³-hybridized carbons (Fsp3) is 0.429. The summed E-state index contributed by atoms with van der Waals surface area (Å²) in [6, 6.07) is 0.165. The van der Waals surface area contributed by atoms with Gasteiger partial charge < -0.3 is 5.32 Å². The van der Waals surface area contributed by atoms with Crippen molar-refractivity contribution in [2.45, 2.75) is 39.3 Å². The van der Waals surface area contributed by atoms with E-state index in [1.54, 1.807) is 17.7 Å². The molecule has 108 valence electrons. The van der Waals surface area contributed by atoms with E-state index in [1.165, 1.54) is 5.56 Å². The normalized spacial score (nSPS) is 17.9. The van der Waals surface area contributed by atoms with Crippen molar-refractivity contribution in [3.05, 3.63) is 28.9 Å². The van der Waals surface area contributed by atoms with Gasteiger partial charge in [-0.25, -0.2) is 19.6 Å². The maximum absolute atomic E-state index is 4.61. The van der Waals surface area contributed by atoms with Crippen molar-refractivity contribution in [3.8, 4) is 0 Å². The zero-order valence-electron chi connectivity index (χ0n) is 12.0. The Morgan fingerprint density at radius 1 is 1.33 bits per heavy atom. The molecule has 6 nitrogen and oxygen atoms in total. The first kappa shape index (κ1) is 12.7. The third-order valence-electron chi connectivity index (χ3n) is 3.86. The van der Waals surface area contributed by atoms with Gasteiger partial charge in [0, 0.05) is 6.54 Å². The largest absolute Gasteiger partial charge is 0.359 e. The second-order valence-corrected chi connectivity index (χ2v) is 6.26. The van der Waals surface area contributed by atoms with Crippen LogP contribution in [-0.4, -0.2) is 24.7 Å². The lowest BCUT2D eigenvalue weighted by atomic mass is 10.1. The minimum atomic E-state index is 0.165. The number of fused-ring (bicyclic) bond motifs is 2. The van der Waals surface area contributed by atoms with Crippen LogP contribution < -0.4 is 5.32 Å². The lowest BCUT2D eigenvalue weighted by Crippen LogP contribution is -2.23. The number of aromatic nitrogens is 5. The highest BCUT2D eigenvalue weighted by Crippen LogP contribution is 2.33. The van der Waals surface area contributed by atoms with E-state index < -0.39 is 0 Å². The molecule has 3 aromatic rings. The lowest BCUT2D eigenvalue weighted by Gasteiger charge is -2.24. The Hall–Kier alpha value is -2.02. The Morgan fingerprint density at radius 3 is 3.14 bits per heavy atom. The molecule has 0 radical (unpaired) electrons. The van der Waals surface area contributed by atoms with Crippen LogP contribution in [0.5, 0.6) is 0 Å². The summed E-state index contributed by atoms with van der Waals surface area (Å²) in [6.07, 6.45) is 3.78. The van der Waals surface area contributed by atoms with E-state index in [1.807, 2.05) is 11.6 Å². The Bertz CT molecular complexity index is 805. The van der Waals surface area contributed by atoms with Crippen molar-refractivity contribution >= 4 is 27.4 Å². The first-order chi connectivity index (χ1) is 10.2. The summed E-state index contributed by atoms with van der Waals surface area (Å²) < 4.78 is 1.98. The Morgan fingerprint density at radius 2 is 2.24 bits per heavy atom. The number of thiophene rings is 1. The molecule has 3 aromatic heterocycles. The molecular formula is C14H16N6S. The number of anilines is 1. The van der Waals surface area contributed by atoms with Crippen LogP contribution in [0.3, 0.4) is 0 Å². The number of nitrogens with zero attached hydrogens (tertiary/aromatic N) is 5. The summed E-state index contributed by atoms with van der Waals surface area (Å²) in [4.78, 5) is 14.6. The van der Waals surface area contributed by atoms with Crippen LogP contribution >= 0.6 is 11.3 Å². The molecule has 1 atom stereocenters. The molecule has 0 spiro atoms. The number of aryl methyl sites for hydroxylation is 3. The maximum Gasteiger partial charge on any atom is 0.149 e. The molecule has 21 heavy (non-hydrogen) atoms. The summed E-state index contributed by atoms with van der Waals surface area (Å²) in [7, 11) is 0. The fourth-order valence-electron chi connectivity index (χ4n) is 2.89. The molecule has 0 saturated carbocycles. The summed E-state index contributed by atoms with van der Waals surface area (Å²) >= 11 is 1.67. The molecule has 0 bridgehead atoms. The first-order valence-corrected chi connectivity index (χ1v) is 7.97. The van der Waals surface area contributed by atoms with E-state index in [9.17, 15) is 0 Å². The predicted octanol–water partition coefficient (Wildman–Crippen LogP) is 2.85. The quantitative estimate of drug-likeness (QED) is 0.788. The highest BCUT2D eigenvalue weighted by atomic mass is 32.1. The average molecular weight is 300 g/mol. The lowest BCUT2D eigenvalue weighted by molar-refractivity contribution is 0.437. The van der Waals surface area contributed by atoms with Crippen LogP contribution in [0.1, 0.15) is 36.1 Å². The molecule has 0 fully saturated rings. The molecule has 1 aliphatic heterocycles. The molecule has 4 heterocycles. The van der Waals surface area contributed by atoms with Crippen molar-refractivity contribution in [3.63, 3.8) is 0 Å². The number of rotatable bonds is 2. The summed E-state index contributed by atoms with van der Waals surface area (Å²) in [6.45, 7) is 4.98. The van der Waals surface area contributed by atoms with Gasteiger partial charge in [0.2, 0.25) is 0 Å². The number of nitrogens with one attached hydrogen (secondary N) is 1. The minimum absolute atomic E-state index is 0.165. The molecule has 7 heteroatoms. The molecule has 0 aromatic carbocycles. The summed E-state index contributed by atoms with van der Waals surface area (Å²) in [5, 5.41) is 11.1. The Labute approximate surface area is 126 Å². The van der Waals surface area contributed by atoms with Gasteiger partial charge in [0.05, 0.1) is 11.4 Å². The van der Waals surface area contributed by atoms with Gasteiger partial charge in [0.15, 0.2) is 0 Å². The molecule has 0 saturated heterocycles. The predicted molar refractivity (Wildman–Crippen MR) is 82.5 cm³/mol. The van der Waals surface area contributed by atoms with E-state index in [0.717, 1.165) is 47.1 Å². The highest BCUT2D eigenvalue weighted by Gasteiger charge is 2.24. The smallest absolute Gasteiger partial charge is 0.149 e. The van der Waals surface area contributed by atoms with Crippen molar-refractivity contribution in [2.75, 3.05) is 5.32 Å². The van der Waals surface area contributed by atoms with Crippen LogP contribution in [0.4, 0.5) is 5.82 Å². The number of hydrogen-bond acceptors (Lipinski definition) is 6. The van der Waals surface area contributed by atoms with Gasteiger partial charge in [-0.1, -0.05) is 0 Å². The van der Waals surface area contributed by atoms with Crippen molar-refractivity contribution in [2.24, 2.45) is 0 Å². The number of hydrogen-bond donors (Lipinski definition) is 1. The van der Waals surface area contributed by atoms with E-state index in [4.69, 9.17) is 0 Å². The van der Waals surface area contributed by atoms with Gasteiger partial charge in [0.1, 0.15) is 28.6 Å². The minimum Gasteiger partial charge on any atom is -0.359 e. The van der Waals surface area contributed by atoms with Crippen molar-refractivity contribution < 1.29 is 0 Å². The van der Waals surface area contributed by atoms with Gasteiger partial charge in [-0.05, 0) is 37.6 Å². The van der Waals surface area contributed by atoms with E-state index in [-0.39, 0.29) is 6.04 Å². The standard InChI is InChI=1S/C14H16N6S/c1-8-6-21-14-11(8)12(17-9(2)18-14)19-10-4-3-5-20-13(10)15-7-16-20/h6-7,10H,3-5H2,1-2H3,(H,17,18,19). The zero-order valence-corrected chi connectivity index (χ0v) is 12.8. The van der Waals surface area contributed by atoms with Gasteiger partial charge in [-0.3, -0.25) is 0 Å². The van der Waals surface area contributed by atoms with E-state index >= 15 is 0 Å². The van der Waals surface area contributed by atoms with Crippen molar-refractivity contribution in [1.29, 1.82) is 0 Å². The third-order valence-corrected chi connectivity index (χ3v) is 4.85. The van der Waals surface area contributed by atoms with Gasteiger partial charge in [0.25, 0.3) is 0 Å². The van der Waals surface area contributed by atoms with Crippen LogP contribution in [0, 0.1) is 13.8 Å². The summed E-state index contributed by atoms with van der Waals surface area (Å²) in [5.41, 5.74) is 1.22. The van der Waals surface area contributed by atoms with Gasteiger partial charge in [-0.2, -0.15) is 5.10 Å². The molecule has 4 rings (SSSR count). The fourth-order valence-corrected chi connectivity index (χ4v) is 3.85. The highest BCUT2D eigenvalue weighted by molar-refractivity contribution is 7.17. The Kier molecular flexibility index (Phi) is 2.88. The van der Waals surface area contributed by atoms with Crippen LogP contribution in [0.2, 0.25) is 0 Å². The average Bonchev–Trinajstić information content (AvgIpc) is 3.06. The van der Waals surface area contributed by atoms with Crippen LogP contribution in [-0.2, 0) is 6.54 Å². The second kappa shape index (κ2) is 4.77.